The highest BCUT2D eigenvalue weighted by atomic mass is 16.5. The molecule has 0 spiro atoms. The number of hydrogen-bond donors (Lipinski definition) is 2. The Kier molecular flexibility index (Phi) is 9.42. The number of carbonyl (C=O) groups is 2. The number of rotatable bonds is 12. The lowest BCUT2D eigenvalue weighted by Crippen LogP contribution is -2.50. The van der Waals surface area contributed by atoms with Crippen LogP contribution < -0.4 is 15.0 Å². The number of piperidine rings is 1. The zero-order chi connectivity index (χ0) is 35.9. The Morgan fingerprint density at radius 1 is 1.12 bits per heavy atom. The highest BCUT2D eigenvalue weighted by Gasteiger charge is 2.57. The molecule has 51 heavy (non-hydrogen) atoms. The maximum atomic E-state index is 14.0. The highest BCUT2D eigenvalue weighted by Crippen LogP contribution is 2.62. The standard InChI is InChI=1S/C42H46N4O5/c1-6-50-36(48)22-43-41(49)38-39(51-24-28-10-8-7-9-11-28)27(5)44-40(45-38)26(4)42(37-29-12-14-33(37)34(21-29)25(2)3)31-16-18-46(19-17-31)35-15-13-32(42)20-30(35)23-47/h7-15,20-21,26,31,37,47H,2,6,16-19,22-24H2,1,3-5H3,(H,43,49). The second kappa shape index (κ2) is 13.9. The largest absolute Gasteiger partial charge is 0.485 e. The number of benzene rings is 2. The lowest BCUT2D eigenvalue weighted by Gasteiger charge is -2.51. The Balaban J connectivity index is 1.40. The molecule has 2 aromatic carbocycles. The quantitative estimate of drug-likeness (QED) is 0.210. The van der Waals surface area contributed by atoms with Gasteiger partial charge in [0.2, 0.25) is 0 Å². The van der Waals surface area contributed by atoms with E-state index < -0.39 is 17.3 Å². The van der Waals surface area contributed by atoms with Crippen molar-refractivity contribution in [2.75, 3.05) is 31.1 Å². The minimum absolute atomic E-state index is 0.00486. The van der Waals surface area contributed by atoms with Crippen molar-refractivity contribution in [3.8, 4) is 5.75 Å². The van der Waals surface area contributed by atoms with E-state index >= 15 is 0 Å². The molecule has 10 rings (SSSR count). The summed E-state index contributed by atoms with van der Waals surface area (Å²) in [6, 6.07) is 16.3. The summed E-state index contributed by atoms with van der Waals surface area (Å²) in [5, 5.41) is 13.4. The summed E-state index contributed by atoms with van der Waals surface area (Å²) >= 11 is 0. The molecular weight excluding hydrogens is 640 g/mol. The Bertz CT molecular complexity index is 1970. The summed E-state index contributed by atoms with van der Waals surface area (Å²) in [7, 11) is 0. The summed E-state index contributed by atoms with van der Waals surface area (Å²) < 4.78 is 11.4. The highest BCUT2D eigenvalue weighted by molar-refractivity contribution is 5.96. The van der Waals surface area contributed by atoms with Gasteiger partial charge in [-0.3, -0.25) is 9.59 Å². The van der Waals surface area contributed by atoms with Gasteiger partial charge in [-0.05, 0) is 73.4 Å². The number of aliphatic hydroxyl groups excluding tert-OH is 1. The molecule has 1 saturated heterocycles. The maximum absolute atomic E-state index is 14.0. The molecule has 3 atom stereocenters. The Hall–Kier alpha value is -5.02. The maximum Gasteiger partial charge on any atom is 0.325 e. The molecule has 3 unspecified atom stereocenters. The van der Waals surface area contributed by atoms with Crippen molar-refractivity contribution in [3.63, 3.8) is 0 Å². The second-order valence-corrected chi connectivity index (χ2v) is 14.1. The Morgan fingerprint density at radius 2 is 1.88 bits per heavy atom. The summed E-state index contributed by atoms with van der Waals surface area (Å²) in [6.45, 7) is 14.0. The molecular formula is C42H46N4O5. The zero-order valence-electron chi connectivity index (χ0n) is 29.9. The van der Waals surface area contributed by atoms with Crippen LogP contribution >= 0.6 is 0 Å². The first-order valence-corrected chi connectivity index (χ1v) is 17.9. The van der Waals surface area contributed by atoms with E-state index in [9.17, 15) is 14.7 Å². The average molecular weight is 687 g/mol. The van der Waals surface area contributed by atoms with Gasteiger partial charge in [0.15, 0.2) is 11.4 Å². The van der Waals surface area contributed by atoms with E-state index in [4.69, 9.17) is 19.4 Å². The van der Waals surface area contributed by atoms with Crippen molar-refractivity contribution in [2.24, 2.45) is 11.8 Å². The van der Waals surface area contributed by atoms with Crippen LogP contribution in [0.5, 0.6) is 5.75 Å². The molecule has 2 aliphatic carbocycles. The van der Waals surface area contributed by atoms with Crippen LogP contribution in [0.4, 0.5) is 5.69 Å². The van der Waals surface area contributed by atoms with Crippen LogP contribution in [0.25, 0.3) is 0 Å². The molecule has 0 saturated carbocycles. The van der Waals surface area contributed by atoms with Crippen molar-refractivity contribution in [2.45, 2.75) is 65.1 Å². The fraction of sp³-hybridized carbons (Fsp3) is 0.381. The fourth-order valence-corrected chi connectivity index (χ4v) is 8.96. The van der Waals surface area contributed by atoms with Gasteiger partial charge >= 0.3 is 5.97 Å². The van der Waals surface area contributed by atoms with E-state index in [-0.39, 0.29) is 55.6 Å². The topological polar surface area (TPSA) is 114 Å². The molecule has 5 aliphatic heterocycles. The zero-order valence-corrected chi connectivity index (χ0v) is 29.9. The van der Waals surface area contributed by atoms with Gasteiger partial charge in [-0.1, -0.05) is 79.8 Å². The monoisotopic (exact) mass is 686 g/mol. The van der Waals surface area contributed by atoms with Crippen molar-refractivity contribution in [1.29, 1.82) is 0 Å². The van der Waals surface area contributed by atoms with Gasteiger partial charge in [-0.25, -0.2) is 9.97 Å². The first kappa shape index (κ1) is 34.4. The summed E-state index contributed by atoms with van der Waals surface area (Å²) in [4.78, 5) is 38.8. The van der Waals surface area contributed by atoms with Crippen LogP contribution in [0, 0.1) is 18.8 Å². The summed E-state index contributed by atoms with van der Waals surface area (Å²) in [5.41, 5.74) is 8.83. The second-order valence-electron chi connectivity index (χ2n) is 14.1. The van der Waals surface area contributed by atoms with Gasteiger partial charge in [0.05, 0.1) is 18.9 Å². The number of esters is 1. The predicted octanol–water partition coefficient (Wildman–Crippen LogP) is 6.42. The lowest BCUT2D eigenvalue weighted by atomic mass is 9.52. The van der Waals surface area contributed by atoms with Crippen molar-refractivity contribution in [1.82, 2.24) is 15.3 Å². The van der Waals surface area contributed by atoms with Gasteiger partial charge in [-0.2, -0.15) is 0 Å². The number of fused-ring (bicyclic) bond motifs is 2. The molecule has 9 heteroatoms. The molecule has 7 aliphatic rings. The van der Waals surface area contributed by atoms with Gasteiger partial charge < -0.3 is 24.8 Å². The molecule has 1 amide bonds. The molecule has 9 nitrogen and oxygen atoms in total. The van der Waals surface area contributed by atoms with Crippen molar-refractivity contribution < 1.29 is 24.2 Å². The van der Waals surface area contributed by atoms with Crippen molar-refractivity contribution in [3.05, 3.63) is 130 Å². The lowest BCUT2D eigenvalue weighted by molar-refractivity contribution is -0.141. The van der Waals surface area contributed by atoms with Crippen LogP contribution in [0.1, 0.15) is 78.2 Å². The number of carbonyl (C=O) groups excluding carboxylic acids is 2. The van der Waals surface area contributed by atoms with E-state index in [0.29, 0.717) is 11.5 Å². The molecule has 6 heterocycles. The number of aliphatic hydroxyl groups is 1. The average Bonchev–Trinajstić information content (AvgIpc) is 3.76. The van der Waals surface area contributed by atoms with Crippen LogP contribution in [-0.2, 0) is 28.2 Å². The predicted molar refractivity (Wildman–Crippen MR) is 196 cm³/mol. The number of aryl methyl sites for hydroxylation is 1. The van der Waals surface area contributed by atoms with Crippen molar-refractivity contribution >= 4 is 17.6 Å². The summed E-state index contributed by atoms with van der Waals surface area (Å²) in [6.07, 6.45) is 8.65. The minimum atomic E-state index is -0.536. The van der Waals surface area contributed by atoms with E-state index in [2.05, 4.69) is 67.1 Å². The molecule has 3 aromatic rings. The van der Waals surface area contributed by atoms with Crippen LogP contribution in [0.15, 0.2) is 95.6 Å². The van der Waals surface area contributed by atoms with Crippen LogP contribution in [0.2, 0.25) is 0 Å². The number of allylic oxidation sites excluding steroid dienone is 7. The van der Waals surface area contributed by atoms with Gasteiger partial charge in [-0.15, -0.1) is 0 Å². The Morgan fingerprint density at radius 3 is 2.57 bits per heavy atom. The number of nitrogens with zero attached hydrogens (tertiary/aromatic N) is 3. The third-order valence-corrected chi connectivity index (χ3v) is 11.2. The Labute approximate surface area is 299 Å². The number of ether oxygens (including phenoxy) is 2. The summed E-state index contributed by atoms with van der Waals surface area (Å²) in [5.74, 6) is -0.301. The minimum Gasteiger partial charge on any atom is -0.485 e. The molecule has 2 N–H and O–H groups in total. The van der Waals surface area contributed by atoms with E-state index in [1.54, 1.807) is 6.92 Å². The molecule has 6 bridgehead atoms. The smallest absolute Gasteiger partial charge is 0.325 e. The number of amides is 1. The number of aromatic nitrogens is 2. The number of nitrogens with one attached hydrogen (secondary N) is 1. The van der Waals surface area contributed by atoms with E-state index in [1.165, 1.54) is 16.7 Å². The third-order valence-electron chi connectivity index (χ3n) is 11.2. The third kappa shape index (κ3) is 5.97. The van der Waals surface area contributed by atoms with E-state index in [1.807, 2.05) is 37.3 Å². The fourth-order valence-electron chi connectivity index (χ4n) is 8.96. The number of hydrogen-bond acceptors (Lipinski definition) is 8. The van der Waals surface area contributed by atoms with Gasteiger partial charge in [0, 0.05) is 41.6 Å². The molecule has 0 radical (unpaired) electrons. The molecule has 1 fully saturated rings. The van der Waals surface area contributed by atoms with E-state index in [0.717, 1.165) is 53.9 Å². The normalized spacial score (nSPS) is 22.0. The van der Waals surface area contributed by atoms with Gasteiger partial charge in [0.25, 0.3) is 5.91 Å². The first-order chi connectivity index (χ1) is 24.7. The molecule has 264 valence electrons. The number of anilines is 1. The van der Waals surface area contributed by atoms with Crippen LogP contribution in [-0.4, -0.2) is 53.2 Å². The van der Waals surface area contributed by atoms with Crippen LogP contribution in [0.3, 0.4) is 0 Å². The SMILES string of the molecule is C=C(C)C1=C2C=CC(=C1)C2C1(C(C)c2nc(C)c(OCc3ccccc3)c(C(=O)NCC(=O)OCC)n2)c2ccc(c(CO)c2)N2CCC1CC2. The molecule has 1 aromatic heterocycles. The van der Waals surface area contributed by atoms with Gasteiger partial charge in [0.1, 0.15) is 19.0 Å². The first-order valence-electron chi connectivity index (χ1n) is 17.9.